The van der Waals surface area contributed by atoms with Crippen LogP contribution in [-0.4, -0.2) is 36.1 Å². The Bertz CT molecular complexity index is 989. The van der Waals surface area contributed by atoms with Crippen LogP contribution in [0.1, 0.15) is 23.1 Å². The third kappa shape index (κ3) is 4.85. The Labute approximate surface area is 176 Å². The van der Waals surface area contributed by atoms with Gasteiger partial charge in [-0.15, -0.1) is 11.6 Å². The second kappa shape index (κ2) is 8.50. The number of thiazole rings is 1. The minimum Gasteiger partial charge on any atom is -0.347 e. The lowest BCUT2D eigenvalue weighted by atomic mass is 10.1. The van der Waals surface area contributed by atoms with Crippen molar-refractivity contribution in [3.8, 4) is 0 Å². The van der Waals surface area contributed by atoms with Gasteiger partial charge in [0.25, 0.3) is 0 Å². The highest BCUT2D eigenvalue weighted by Crippen LogP contribution is 2.35. The molecule has 0 unspecified atom stereocenters. The molecule has 0 bridgehead atoms. The van der Waals surface area contributed by atoms with Crippen LogP contribution < -0.4 is 4.90 Å². The quantitative estimate of drug-likeness (QED) is 0.481. The molecule has 1 saturated heterocycles. The maximum Gasteiger partial charge on any atom is 0.416 e. The smallest absolute Gasteiger partial charge is 0.347 e. The van der Waals surface area contributed by atoms with Gasteiger partial charge in [-0.1, -0.05) is 35.6 Å². The second-order valence-corrected chi connectivity index (χ2v) is 8.52. The minimum atomic E-state index is -4.33. The largest absolute Gasteiger partial charge is 0.416 e. The monoisotopic (exact) mass is 439 g/mol. The Morgan fingerprint density at radius 1 is 1.00 bits per heavy atom. The van der Waals surface area contributed by atoms with Crippen molar-refractivity contribution in [1.82, 2.24) is 9.88 Å². The van der Waals surface area contributed by atoms with E-state index in [9.17, 15) is 13.2 Å². The summed E-state index contributed by atoms with van der Waals surface area (Å²) >= 11 is 7.27. The Morgan fingerprint density at radius 3 is 2.62 bits per heavy atom. The number of nitrogens with zero attached hydrogens (tertiary/aromatic N) is 3. The van der Waals surface area contributed by atoms with E-state index in [1.54, 1.807) is 0 Å². The summed E-state index contributed by atoms with van der Waals surface area (Å²) in [6, 6.07) is 12.1. The molecule has 0 spiro atoms. The van der Waals surface area contributed by atoms with Crippen molar-refractivity contribution in [2.45, 2.75) is 25.0 Å². The highest BCUT2D eigenvalue weighted by atomic mass is 35.5. The van der Waals surface area contributed by atoms with E-state index in [0.717, 1.165) is 55.9 Å². The highest BCUT2D eigenvalue weighted by Gasteiger charge is 2.31. The first-order valence-electron chi connectivity index (χ1n) is 9.51. The Morgan fingerprint density at radius 2 is 1.83 bits per heavy atom. The van der Waals surface area contributed by atoms with Crippen LogP contribution in [0.5, 0.6) is 0 Å². The molecule has 1 aliphatic rings. The molecule has 8 heteroatoms. The lowest BCUT2D eigenvalue weighted by molar-refractivity contribution is -0.137. The number of aromatic nitrogens is 1. The van der Waals surface area contributed by atoms with Gasteiger partial charge in [-0.2, -0.15) is 13.2 Å². The molecule has 1 fully saturated rings. The average molecular weight is 440 g/mol. The van der Waals surface area contributed by atoms with E-state index in [1.807, 2.05) is 12.1 Å². The van der Waals surface area contributed by atoms with Crippen molar-refractivity contribution in [3.63, 3.8) is 0 Å². The predicted octanol–water partition coefficient (Wildman–Crippen LogP) is 5.77. The molecule has 2 aromatic carbocycles. The van der Waals surface area contributed by atoms with Crippen molar-refractivity contribution in [3.05, 3.63) is 59.2 Å². The first-order chi connectivity index (χ1) is 13.9. The zero-order valence-electron chi connectivity index (χ0n) is 15.8. The van der Waals surface area contributed by atoms with Gasteiger partial charge in [0.15, 0.2) is 5.13 Å². The van der Waals surface area contributed by atoms with Crippen LogP contribution in [0, 0.1) is 0 Å². The van der Waals surface area contributed by atoms with Crippen molar-refractivity contribution in [1.29, 1.82) is 0 Å². The highest BCUT2D eigenvalue weighted by molar-refractivity contribution is 7.22. The van der Waals surface area contributed by atoms with Crippen LogP contribution in [-0.2, 0) is 18.6 Å². The normalized spacial score (nSPS) is 16.3. The molecule has 4 rings (SSSR count). The van der Waals surface area contributed by atoms with Gasteiger partial charge in [-0.25, -0.2) is 4.98 Å². The van der Waals surface area contributed by atoms with Crippen LogP contribution in [0.3, 0.4) is 0 Å². The van der Waals surface area contributed by atoms with Gasteiger partial charge >= 0.3 is 6.18 Å². The molecule has 29 heavy (non-hydrogen) atoms. The summed E-state index contributed by atoms with van der Waals surface area (Å²) in [5, 5.41) is 0.797. The summed E-state index contributed by atoms with van der Waals surface area (Å²) in [5.41, 5.74) is 2.36. The first kappa shape index (κ1) is 20.4. The summed E-state index contributed by atoms with van der Waals surface area (Å²) in [6.45, 7) is 4.39. The van der Waals surface area contributed by atoms with Crippen LogP contribution >= 0.6 is 22.9 Å². The fourth-order valence-corrected chi connectivity index (χ4v) is 4.84. The fourth-order valence-electron chi connectivity index (χ4n) is 3.61. The molecule has 0 atom stereocenters. The summed E-state index contributed by atoms with van der Waals surface area (Å²) < 4.78 is 39.5. The molecule has 1 aliphatic heterocycles. The van der Waals surface area contributed by atoms with Crippen molar-refractivity contribution < 1.29 is 13.2 Å². The van der Waals surface area contributed by atoms with Gasteiger partial charge < -0.3 is 4.90 Å². The van der Waals surface area contributed by atoms with Gasteiger partial charge in [-0.3, -0.25) is 4.90 Å². The summed E-state index contributed by atoms with van der Waals surface area (Å²) in [5.74, 6) is 0.509. The van der Waals surface area contributed by atoms with E-state index in [-0.39, 0.29) is 0 Å². The lowest BCUT2D eigenvalue weighted by Gasteiger charge is -2.21. The zero-order chi connectivity index (χ0) is 20.4. The molecule has 154 valence electrons. The Hall–Kier alpha value is -1.83. The molecule has 3 aromatic rings. The average Bonchev–Trinajstić information content (AvgIpc) is 2.99. The molecule has 0 saturated carbocycles. The molecule has 0 radical (unpaired) electrons. The van der Waals surface area contributed by atoms with E-state index in [0.29, 0.717) is 16.1 Å². The number of hydrogen-bond donors (Lipinski definition) is 0. The van der Waals surface area contributed by atoms with E-state index in [4.69, 9.17) is 11.6 Å². The van der Waals surface area contributed by atoms with Crippen LogP contribution in [0.15, 0.2) is 42.5 Å². The SMILES string of the molecule is FC(F)(F)c1ccc2nc(N3CCCN(Cc4cccc(CCl)c4)CC3)sc2c1. The van der Waals surface area contributed by atoms with E-state index in [2.05, 4.69) is 26.9 Å². The Balaban J connectivity index is 1.45. The number of anilines is 1. The topological polar surface area (TPSA) is 19.4 Å². The Kier molecular flexibility index (Phi) is 5.99. The van der Waals surface area contributed by atoms with Crippen LogP contribution in [0.25, 0.3) is 10.2 Å². The summed E-state index contributed by atoms with van der Waals surface area (Å²) in [4.78, 5) is 9.17. The van der Waals surface area contributed by atoms with Gasteiger partial charge in [0, 0.05) is 38.6 Å². The molecule has 1 aromatic heterocycles. The molecule has 0 aliphatic carbocycles. The minimum absolute atomic E-state index is 0.509. The molecule has 3 nitrogen and oxygen atoms in total. The third-order valence-electron chi connectivity index (χ3n) is 5.12. The number of hydrogen-bond acceptors (Lipinski definition) is 4. The van der Waals surface area contributed by atoms with E-state index >= 15 is 0 Å². The molecule has 0 amide bonds. The summed E-state index contributed by atoms with van der Waals surface area (Å²) in [7, 11) is 0. The van der Waals surface area contributed by atoms with Crippen LogP contribution in [0.2, 0.25) is 0 Å². The number of rotatable bonds is 4. The van der Waals surface area contributed by atoms with Crippen molar-refractivity contribution >= 4 is 38.3 Å². The standard InChI is InChI=1S/C21H21ClF3N3S/c22-13-15-3-1-4-16(11-15)14-27-7-2-8-28(10-9-27)20-26-18-6-5-17(21(23,24)25)12-19(18)29-20/h1,3-6,11-12H,2,7-10,13-14H2. The van der Waals surface area contributed by atoms with Gasteiger partial charge in [0.2, 0.25) is 0 Å². The first-order valence-corrected chi connectivity index (χ1v) is 10.9. The van der Waals surface area contributed by atoms with Crippen molar-refractivity contribution in [2.75, 3.05) is 31.1 Å². The number of alkyl halides is 4. The van der Waals surface area contributed by atoms with Crippen molar-refractivity contribution in [2.24, 2.45) is 0 Å². The molecular weight excluding hydrogens is 419 g/mol. The van der Waals surface area contributed by atoms with Crippen LogP contribution in [0.4, 0.5) is 18.3 Å². The third-order valence-corrected chi connectivity index (χ3v) is 6.50. The summed E-state index contributed by atoms with van der Waals surface area (Å²) in [6.07, 6.45) is -3.35. The predicted molar refractivity (Wildman–Crippen MR) is 113 cm³/mol. The van der Waals surface area contributed by atoms with E-state index in [1.165, 1.54) is 29.0 Å². The second-order valence-electron chi connectivity index (χ2n) is 7.25. The number of halogens is 4. The zero-order valence-corrected chi connectivity index (χ0v) is 17.3. The van der Waals surface area contributed by atoms with Gasteiger partial charge in [-0.05, 0) is 35.7 Å². The number of fused-ring (bicyclic) bond motifs is 1. The maximum atomic E-state index is 13.0. The maximum absolute atomic E-state index is 13.0. The molecular formula is C21H21ClF3N3S. The van der Waals surface area contributed by atoms with Gasteiger partial charge in [0.1, 0.15) is 0 Å². The lowest BCUT2D eigenvalue weighted by Crippen LogP contribution is -2.30. The fraction of sp³-hybridized carbons (Fsp3) is 0.381. The number of benzene rings is 2. The van der Waals surface area contributed by atoms with Gasteiger partial charge in [0.05, 0.1) is 15.8 Å². The molecule has 0 N–H and O–H groups in total. The van der Waals surface area contributed by atoms with E-state index < -0.39 is 11.7 Å². The molecule has 2 heterocycles.